The predicted molar refractivity (Wildman–Crippen MR) is 60.0 cm³/mol. The highest BCUT2D eigenvalue weighted by atomic mass is 16.5. The van der Waals surface area contributed by atoms with Crippen molar-refractivity contribution in [2.45, 2.75) is 31.7 Å². The molecule has 0 saturated heterocycles. The average Bonchev–Trinajstić information content (AvgIpc) is 2.20. The third-order valence-corrected chi connectivity index (χ3v) is 2.06. The van der Waals surface area contributed by atoms with Gasteiger partial charge in [0.1, 0.15) is 0 Å². The molecule has 0 aliphatic heterocycles. The smallest absolute Gasteiger partial charge is 0.0615 e. The van der Waals surface area contributed by atoms with Crippen molar-refractivity contribution in [2.75, 3.05) is 26.8 Å². The fourth-order valence-corrected chi connectivity index (χ4v) is 1.31. The number of nitrogens with one attached hydrogen (secondary N) is 1. The first-order chi connectivity index (χ1) is 6.85. The number of rotatable bonds is 9. The van der Waals surface area contributed by atoms with Gasteiger partial charge in [-0.15, -0.1) is 12.3 Å². The Balaban J connectivity index is 3.46. The van der Waals surface area contributed by atoms with Crippen LogP contribution >= 0.6 is 0 Å². The molecule has 3 nitrogen and oxygen atoms in total. The maximum atomic E-state index is 5.45. The molecule has 3 heteroatoms. The molecule has 0 aromatic rings. The second-order valence-electron chi connectivity index (χ2n) is 3.34. The highest BCUT2D eigenvalue weighted by Crippen LogP contribution is 1.97. The summed E-state index contributed by atoms with van der Waals surface area (Å²) < 4.78 is 5.11. The summed E-state index contributed by atoms with van der Waals surface area (Å²) >= 11 is 0. The summed E-state index contributed by atoms with van der Waals surface area (Å²) in [5.41, 5.74) is 5.45. The fraction of sp³-hybridized carbons (Fsp3) is 0.818. The van der Waals surface area contributed by atoms with E-state index in [0.717, 1.165) is 45.4 Å². The van der Waals surface area contributed by atoms with Crippen LogP contribution in [0.3, 0.4) is 0 Å². The van der Waals surface area contributed by atoms with Crippen molar-refractivity contribution in [1.82, 2.24) is 5.32 Å². The van der Waals surface area contributed by atoms with E-state index in [1.807, 2.05) is 0 Å². The van der Waals surface area contributed by atoms with Crippen LogP contribution in [-0.2, 0) is 4.74 Å². The maximum Gasteiger partial charge on any atom is 0.0615 e. The lowest BCUT2D eigenvalue weighted by Crippen LogP contribution is -2.34. The van der Waals surface area contributed by atoms with Crippen LogP contribution < -0.4 is 11.1 Å². The molecule has 82 valence electrons. The van der Waals surface area contributed by atoms with Crippen LogP contribution in [0.25, 0.3) is 0 Å². The molecule has 0 spiro atoms. The van der Waals surface area contributed by atoms with Gasteiger partial charge in [0.25, 0.3) is 0 Å². The van der Waals surface area contributed by atoms with E-state index in [-0.39, 0.29) is 0 Å². The van der Waals surface area contributed by atoms with Crippen LogP contribution in [0.4, 0.5) is 0 Å². The highest BCUT2D eigenvalue weighted by Gasteiger charge is 2.05. The standard InChI is InChI=1S/C11H22N2O/c1-3-4-5-9-13-11(10-14-2)7-6-8-12/h1,11,13H,4-10,12H2,2H3. The lowest BCUT2D eigenvalue weighted by molar-refractivity contribution is 0.161. The summed E-state index contributed by atoms with van der Waals surface area (Å²) in [6.07, 6.45) is 9.14. The number of unbranched alkanes of at least 4 members (excludes halogenated alkanes) is 1. The van der Waals surface area contributed by atoms with E-state index < -0.39 is 0 Å². The third-order valence-electron chi connectivity index (χ3n) is 2.06. The Morgan fingerprint density at radius 2 is 2.29 bits per heavy atom. The molecule has 0 aromatic heterocycles. The molecule has 1 atom stereocenters. The van der Waals surface area contributed by atoms with Gasteiger partial charge in [0.15, 0.2) is 0 Å². The normalized spacial score (nSPS) is 12.4. The quantitative estimate of drug-likeness (QED) is 0.424. The summed E-state index contributed by atoms with van der Waals surface area (Å²) in [6.45, 7) is 2.45. The zero-order valence-corrected chi connectivity index (χ0v) is 9.09. The van der Waals surface area contributed by atoms with Crippen molar-refractivity contribution in [1.29, 1.82) is 0 Å². The highest BCUT2D eigenvalue weighted by molar-refractivity contribution is 4.83. The maximum absolute atomic E-state index is 5.45. The number of hydrogen-bond acceptors (Lipinski definition) is 3. The Bertz CT molecular complexity index is 154. The van der Waals surface area contributed by atoms with E-state index in [2.05, 4.69) is 11.2 Å². The first kappa shape index (κ1) is 13.4. The monoisotopic (exact) mass is 198 g/mol. The minimum absolute atomic E-state index is 0.418. The molecule has 0 amide bonds. The summed E-state index contributed by atoms with van der Waals surface area (Å²) in [5.74, 6) is 2.63. The number of methoxy groups -OCH3 is 1. The molecule has 0 radical (unpaired) electrons. The SMILES string of the molecule is C#CCCCNC(CCCN)COC. The van der Waals surface area contributed by atoms with Crippen molar-refractivity contribution in [3.8, 4) is 12.3 Å². The van der Waals surface area contributed by atoms with Gasteiger partial charge in [0.05, 0.1) is 6.61 Å². The molecular weight excluding hydrogens is 176 g/mol. The van der Waals surface area contributed by atoms with Crippen LogP contribution in [0.2, 0.25) is 0 Å². The molecule has 1 unspecified atom stereocenters. The molecule has 14 heavy (non-hydrogen) atoms. The average molecular weight is 198 g/mol. The Morgan fingerprint density at radius 3 is 2.86 bits per heavy atom. The second kappa shape index (κ2) is 10.5. The van der Waals surface area contributed by atoms with Gasteiger partial charge in [-0.05, 0) is 32.4 Å². The van der Waals surface area contributed by atoms with E-state index in [0.29, 0.717) is 6.04 Å². The Morgan fingerprint density at radius 1 is 1.50 bits per heavy atom. The first-order valence-electron chi connectivity index (χ1n) is 5.21. The summed E-state index contributed by atoms with van der Waals surface area (Å²) in [7, 11) is 1.72. The second-order valence-corrected chi connectivity index (χ2v) is 3.34. The zero-order chi connectivity index (χ0) is 10.6. The van der Waals surface area contributed by atoms with Crippen molar-refractivity contribution < 1.29 is 4.74 Å². The van der Waals surface area contributed by atoms with E-state index >= 15 is 0 Å². The van der Waals surface area contributed by atoms with Crippen molar-refractivity contribution in [3.63, 3.8) is 0 Å². The largest absolute Gasteiger partial charge is 0.383 e. The molecule has 0 aromatic carbocycles. The number of terminal acetylenes is 1. The van der Waals surface area contributed by atoms with Crippen molar-refractivity contribution >= 4 is 0 Å². The molecule has 0 heterocycles. The molecule has 0 aliphatic rings. The Kier molecular flexibility index (Phi) is 10.1. The van der Waals surface area contributed by atoms with Crippen LogP contribution in [0.5, 0.6) is 0 Å². The zero-order valence-electron chi connectivity index (χ0n) is 9.09. The van der Waals surface area contributed by atoms with Crippen LogP contribution in [0, 0.1) is 12.3 Å². The first-order valence-corrected chi connectivity index (χ1v) is 5.21. The predicted octanol–water partition coefficient (Wildman–Crippen LogP) is 0.743. The van der Waals surface area contributed by atoms with E-state index in [9.17, 15) is 0 Å². The lowest BCUT2D eigenvalue weighted by Gasteiger charge is -2.17. The van der Waals surface area contributed by atoms with E-state index in [1.54, 1.807) is 7.11 Å². The van der Waals surface area contributed by atoms with Gasteiger partial charge < -0.3 is 15.8 Å². The fourth-order valence-electron chi connectivity index (χ4n) is 1.31. The Labute approximate surface area is 87.4 Å². The topological polar surface area (TPSA) is 47.3 Å². The van der Waals surface area contributed by atoms with Crippen molar-refractivity contribution in [3.05, 3.63) is 0 Å². The van der Waals surface area contributed by atoms with E-state index in [4.69, 9.17) is 16.9 Å². The van der Waals surface area contributed by atoms with Gasteiger partial charge in [-0.2, -0.15) is 0 Å². The number of hydrogen-bond donors (Lipinski definition) is 2. The van der Waals surface area contributed by atoms with Gasteiger partial charge in [-0.3, -0.25) is 0 Å². The number of ether oxygens (including phenoxy) is 1. The molecular formula is C11H22N2O. The number of nitrogens with two attached hydrogens (primary N) is 1. The summed E-state index contributed by atoms with van der Waals surface area (Å²) in [4.78, 5) is 0. The lowest BCUT2D eigenvalue weighted by atomic mass is 10.1. The summed E-state index contributed by atoms with van der Waals surface area (Å²) in [5, 5.41) is 3.41. The molecule has 0 saturated carbocycles. The molecule has 0 aliphatic carbocycles. The minimum atomic E-state index is 0.418. The molecule has 3 N–H and O–H groups in total. The van der Waals surface area contributed by atoms with Crippen LogP contribution in [0.1, 0.15) is 25.7 Å². The third kappa shape index (κ3) is 8.06. The molecule has 0 rings (SSSR count). The van der Waals surface area contributed by atoms with Gasteiger partial charge in [-0.25, -0.2) is 0 Å². The van der Waals surface area contributed by atoms with Gasteiger partial charge in [0, 0.05) is 19.6 Å². The minimum Gasteiger partial charge on any atom is -0.383 e. The van der Waals surface area contributed by atoms with Gasteiger partial charge in [-0.1, -0.05) is 0 Å². The van der Waals surface area contributed by atoms with Crippen LogP contribution in [-0.4, -0.2) is 32.8 Å². The Hall–Kier alpha value is -0.560. The molecule has 0 bridgehead atoms. The van der Waals surface area contributed by atoms with Crippen LogP contribution in [0.15, 0.2) is 0 Å². The van der Waals surface area contributed by atoms with E-state index in [1.165, 1.54) is 0 Å². The summed E-state index contributed by atoms with van der Waals surface area (Å²) in [6, 6.07) is 0.418. The molecule has 0 fully saturated rings. The van der Waals surface area contributed by atoms with Gasteiger partial charge >= 0.3 is 0 Å². The van der Waals surface area contributed by atoms with Gasteiger partial charge in [0.2, 0.25) is 0 Å². The van der Waals surface area contributed by atoms with Crippen molar-refractivity contribution in [2.24, 2.45) is 5.73 Å².